The molecule has 54 heavy (non-hydrogen) atoms. The Bertz CT molecular complexity index is 1970. The first-order valence-electron chi connectivity index (χ1n) is 15.7. The first-order valence-corrected chi connectivity index (χ1v) is 17.9. The van der Waals surface area contributed by atoms with Crippen molar-refractivity contribution in [3.63, 3.8) is 0 Å². The number of aromatic nitrogens is 6. The van der Waals surface area contributed by atoms with Gasteiger partial charge in [0.2, 0.25) is 23.8 Å². The van der Waals surface area contributed by atoms with Crippen LogP contribution in [0, 0.1) is 0 Å². The molecule has 0 spiro atoms. The average molecular weight is 795 g/mol. The molecule has 24 heteroatoms. The van der Waals surface area contributed by atoms with Crippen LogP contribution >= 0.6 is 12.0 Å². The zero-order valence-electron chi connectivity index (χ0n) is 28.8. The molecule has 0 amide bonds. The molecule has 292 valence electrons. The average Bonchev–Trinajstić information content (AvgIpc) is 3.16. The number of hydrogen-bond donors (Lipinski definition) is 8. The molecule has 0 aliphatic carbocycles. The molecular weight excluding hydrogens is 757 g/mol. The minimum atomic E-state index is -4.78. The van der Waals surface area contributed by atoms with E-state index in [2.05, 4.69) is 49.9 Å². The van der Waals surface area contributed by atoms with Gasteiger partial charge in [-0.3, -0.25) is 4.55 Å². The SMILES string of the molecule is COc1nc(Nc2ccc(C=Cc3ccc(Nc4nc(OC)nc(N(CCO)CCO)n4)cc3S(=O)(=O)O)c(SOOO)c2)nc(N(CCO)CCO)n1. The van der Waals surface area contributed by atoms with Crippen molar-refractivity contribution in [3.8, 4) is 12.0 Å². The fourth-order valence-electron chi connectivity index (χ4n) is 4.66. The molecule has 4 rings (SSSR count). The van der Waals surface area contributed by atoms with E-state index in [4.69, 9.17) is 14.7 Å². The number of aliphatic hydroxyl groups excluding tert-OH is 4. The summed E-state index contributed by atoms with van der Waals surface area (Å²) in [5, 5.41) is 56.2. The Morgan fingerprint density at radius 3 is 1.61 bits per heavy atom. The van der Waals surface area contributed by atoms with Crippen LogP contribution in [0.3, 0.4) is 0 Å². The number of methoxy groups -OCH3 is 2. The van der Waals surface area contributed by atoms with Gasteiger partial charge in [0.1, 0.15) is 4.90 Å². The minimum Gasteiger partial charge on any atom is -0.467 e. The second-order valence-electron chi connectivity index (χ2n) is 10.5. The zero-order chi connectivity index (χ0) is 39.1. The third-order valence-corrected chi connectivity index (χ3v) is 8.60. The molecule has 0 aliphatic rings. The lowest BCUT2D eigenvalue weighted by Crippen LogP contribution is -2.31. The van der Waals surface area contributed by atoms with Crippen LogP contribution in [0.4, 0.5) is 35.2 Å². The number of nitrogens with zero attached hydrogens (tertiary/aromatic N) is 8. The van der Waals surface area contributed by atoms with Crippen molar-refractivity contribution in [1.82, 2.24) is 29.9 Å². The molecule has 2 heterocycles. The summed E-state index contributed by atoms with van der Waals surface area (Å²) in [6.45, 7) is -0.456. The molecule has 0 radical (unpaired) electrons. The summed E-state index contributed by atoms with van der Waals surface area (Å²) in [7, 11) is -2.08. The summed E-state index contributed by atoms with van der Waals surface area (Å²) in [5.74, 6) is 0.216. The van der Waals surface area contributed by atoms with E-state index >= 15 is 0 Å². The first-order chi connectivity index (χ1) is 26.0. The smallest absolute Gasteiger partial charge is 0.322 e. The summed E-state index contributed by atoms with van der Waals surface area (Å²) in [6.07, 6.45) is 2.95. The maximum atomic E-state index is 12.5. The number of hydrogen-bond acceptors (Lipinski definition) is 22. The Labute approximate surface area is 312 Å². The lowest BCUT2D eigenvalue weighted by molar-refractivity contribution is -0.432. The van der Waals surface area contributed by atoms with E-state index in [9.17, 15) is 33.4 Å². The van der Waals surface area contributed by atoms with Crippen LogP contribution in [0.1, 0.15) is 11.1 Å². The van der Waals surface area contributed by atoms with Gasteiger partial charge in [-0.2, -0.15) is 38.3 Å². The van der Waals surface area contributed by atoms with E-state index in [1.165, 1.54) is 48.3 Å². The number of benzene rings is 2. The summed E-state index contributed by atoms with van der Waals surface area (Å²) in [5.41, 5.74) is 1.14. The van der Waals surface area contributed by atoms with Crippen LogP contribution in [0.5, 0.6) is 12.0 Å². The third-order valence-electron chi connectivity index (χ3n) is 7.03. The molecule has 0 unspecified atom stereocenters. The van der Waals surface area contributed by atoms with Crippen LogP contribution in [-0.4, -0.2) is 135 Å². The molecule has 0 fully saturated rings. The maximum absolute atomic E-state index is 12.5. The third kappa shape index (κ3) is 11.7. The number of aliphatic hydroxyl groups is 4. The van der Waals surface area contributed by atoms with Crippen LogP contribution < -0.4 is 29.9 Å². The van der Waals surface area contributed by atoms with E-state index in [0.717, 1.165) is 6.07 Å². The first kappa shape index (κ1) is 41.7. The normalized spacial score (nSPS) is 11.5. The Balaban J connectivity index is 1.64. The molecule has 0 atom stereocenters. The van der Waals surface area contributed by atoms with E-state index in [0.29, 0.717) is 28.2 Å². The number of nitrogens with one attached hydrogen (secondary N) is 2. The topological polar surface area (TPSA) is 300 Å². The van der Waals surface area contributed by atoms with Crippen LogP contribution in [0.15, 0.2) is 46.2 Å². The van der Waals surface area contributed by atoms with Crippen molar-refractivity contribution in [2.24, 2.45) is 0 Å². The van der Waals surface area contributed by atoms with Crippen molar-refractivity contribution in [2.75, 3.05) is 87.3 Å². The van der Waals surface area contributed by atoms with Gasteiger partial charge in [0.05, 0.1) is 52.7 Å². The molecular formula is C30H38N10O12S2. The predicted octanol–water partition coefficient (Wildman–Crippen LogP) is 0.988. The van der Waals surface area contributed by atoms with Gasteiger partial charge < -0.3 is 50.3 Å². The van der Waals surface area contributed by atoms with Gasteiger partial charge in [-0.05, 0) is 35.4 Å². The lowest BCUT2D eigenvalue weighted by Gasteiger charge is -2.21. The molecule has 0 saturated heterocycles. The van der Waals surface area contributed by atoms with Gasteiger partial charge in [-0.15, -0.1) is 4.33 Å². The van der Waals surface area contributed by atoms with Gasteiger partial charge in [0, 0.05) is 42.4 Å². The molecule has 22 nitrogen and oxygen atoms in total. The van der Waals surface area contributed by atoms with Crippen molar-refractivity contribution < 1.29 is 57.5 Å². The standard InChI is InChI=1S/C30H38N10O12S2/c1-49-29-35-25(33-27(37-29)39(9-13-41)10-14-42)31-21-7-5-19(23(17-21)53-52-51-45)3-4-20-6-8-22(18-24(20)54(46,47)48)32-26-34-28(38-30(36-26)50-2)40(11-15-43)12-16-44/h3-8,17-18,41-45H,9-16H2,1-2H3,(H,46,47,48)(H,31,33,35,37)(H,32,34,36,38). The van der Waals surface area contributed by atoms with Gasteiger partial charge in [0.25, 0.3) is 10.1 Å². The molecule has 0 aliphatic heterocycles. The number of rotatable bonds is 22. The number of ether oxygens (including phenoxy) is 2. The van der Waals surface area contributed by atoms with Crippen molar-refractivity contribution in [1.29, 1.82) is 0 Å². The summed E-state index contributed by atoms with van der Waals surface area (Å²) >= 11 is 0.618. The van der Waals surface area contributed by atoms with Crippen molar-refractivity contribution in [2.45, 2.75) is 9.79 Å². The molecule has 0 saturated carbocycles. The molecule has 2 aromatic heterocycles. The van der Waals surface area contributed by atoms with Crippen molar-refractivity contribution in [3.05, 3.63) is 47.5 Å². The quantitative estimate of drug-likeness (QED) is 0.0181. The Hall–Kier alpha value is -5.02. The van der Waals surface area contributed by atoms with Gasteiger partial charge >= 0.3 is 12.0 Å². The molecule has 0 bridgehead atoms. The minimum absolute atomic E-state index is 0.0362. The highest BCUT2D eigenvalue weighted by Crippen LogP contribution is 2.31. The highest BCUT2D eigenvalue weighted by atomic mass is 32.2. The molecule has 4 aromatic rings. The van der Waals surface area contributed by atoms with E-state index in [-0.39, 0.29) is 99.7 Å². The predicted molar refractivity (Wildman–Crippen MR) is 194 cm³/mol. The zero-order valence-corrected chi connectivity index (χ0v) is 30.4. The second-order valence-corrected chi connectivity index (χ2v) is 12.7. The summed E-state index contributed by atoms with van der Waals surface area (Å²) in [6, 6.07) is 8.79. The molecule has 2 aromatic carbocycles. The summed E-state index contributed by atoms with van der Waals surface area (Å²) in [4.78, 5) is 28.2. The van der Waals surface area contributed by atoms with E-state index in [1.54, 1.807) is 18.2 Å². The molecule has 8 N–H and O–H groups in total. The highest BCUT2D eigenvalue weighted by molar-refractivity contribution is 7.94. The summed E-state index contributed by atoms with van der Waals surface area (Å²) < 4.78 is 50.2. The van der Waals surface area contributed by atoms with Gasteiger partial charge in [-0.1, -0.05) is 29.3 Å². The fraction of sp³-hybridized carbons (Fsp3) is 0.333. The highest BCUT2D eigenvalue weighted by Gasteiger charge is 2.19. The van der Waals surface area contributed by atoms with E-state index in [1.807, 2.05) is 0 Å². The second kappa shape index (κ2) is 20.4. The van der Waals surface area contributed by atoms with Gasteiger partial charge in [-0.25, -0.2) is 5.26 Å². The monoisotopic (exact) mass is 794 g/mol. The fourth-order valence-corrected chi connectivity index (χ4v) is 5.88. The Morgan fingerprint density at radius 2 is 1.17 bits per heavy atom. The lowest BCUT2D eigenvalue weighted by atomic mass is 10.1. The Kier molecular flexibility index (Phi) is 15.8. The number of anilines is 6. The van der Waals surface area contributed by atoms with Crippen molar-refractivity contribution >= 4 is 69.5 Å². The Morgan fingerprint density at radius 1 is 0.704 bits per heavy atom. The van der Waals surface area contributed by atoms with Crippen LogP contribution in [0.25, 0.3) is 12.2 Å². The van der Waals surface area contributed by atoms with Crippen LogP contribution in [0.2, 0.25) is 0 Å². The van der Waals surface area contributed by atoms with Crippen LogP contribution in [-0.2, 0) is 19.5 Å². The van der Waals surface area contributed by atoms with Gasteiger partial charge in [0.15, 0.2) is 0 Å². The van der Waals surface area contributed by atoms with E-state index < -0.39 is 15.0 Å². The maximum Gasteiger partial charge on any atom is 0.322 e. The largest absolute Gasteiger partial charge is 0.467 e.